The van der Waals surface area contributed by atoms with Crippen LogP contribution in [0.4, 0.5) is 11.4 Å². The predicted molar refractivity (Wildman–Crippen MR) is 133 cm³/mol. The van der Waals surface area contributed by atoms with E-state index in [0.29, 0.717) is 38.3 Å². The van der Waals surface area contributed by atoms with E-state index in [1.807, 2.05) is 31.2 Å². The molecule has 8 heteroatoms. The van der Waals surface area contributed by atoms with Crippen molar-refractivity contribution in [3.8, 4) is 0 Å². The molecule has 2 aliphatic rings. The number of anilines is 2. The van der Waals surface area contributed by atoms with Gasteiger partial charge in [-0.05, 0) is 73.6 Å². The first-order chi connectivity index (χ1) is 16.1. The number of carbonyl (C=O) groups is 2. The lowest BCUT2D eigenvalue weighted by molar-refractivity contribution is -0.121. The zero-order valence-electron chi connectivity index (χ0n) is 20.2. The van der Waals surface area contributed by atoms with Crippen molar-refractivity contribution in [2.45, 2.75) is 63.8 Å². The van der Waals surface area contributed by atoms with Crippen molar-refractivity contribution in [3.63, 3.8) is 0 Å². The first-order valence-corrected chi connectivity index (χ1v) is 13.4. The van der Waals surface area contributed by atoms with Crippen molar-refractivity contribution >= 4 is 33.2 Å². The van der Waals surface area contributed by atoms with Gasteiger partial charge in [0.25, 0.3) is 0 Å². The van der Waals surface area contributed by atoms with Gasteiger partial charge in [-0.15, -0.1) is 0 Å². The molecule has 0 spiro atoms. The summed E-state index contributed by atoms with van der Waals surface area (Å²) >= 11 is 0. The first kappa shape index (κ1) is 24.4. The van der Waals surface area contributed by atoms with E-state index in [2.05, 4.69) is 19.2 Å². The van der Waals surface area contributed by atoms with Crippen LogP contribution in [0.3, 0.4) is 0 Å². The van der Waals surface area contributed by atoms with Gasteiger partial charge in [0.2, 0.25) is 21.8 Å². The maximum atomic E-state index is 13.3. The van der Waals surface area contributed by atoms with Gasteiger partial charge >= 0.3 is 0 Å². The van der Waals surface area contributed by atoms with Crippen LogP contribution in [0.15, 0.2) is 47.4 Å². The van der Waals surface area contributed by atoms with Crippen LogP contribution in [0.1, 0.15) is 57.6 Å². The highest BCUT2D eigenvalue weighted by molar-refractivity contribution is 7.89. The SMILES string of the molecule is CC(=O)N1c2ccc(S(=O)(=O)N3CCC(C(=O)Nc4ccc(C(C)C)cc4)CC3)cc2CC1C. The number of hydrogen-bond acceptors (Lipinski definition) is 4. The maximum absolute atomic E-state index is 13.3. The summed E-state index contributed by atoms with van der Waals surface area (Å²) in [6.07, 6.45) is 1.60. The Hall–Kier alpha value is -2.71. The largest absolute Gasteiger partial charge is 0.326 e. The molecule has 1 saturated heterocycles. The van der Waals surface area contributed by atoms with Crippen molar-refractivity contribution in [2.75, 3.05) is 23.3 Å². The minimum atomic E-state index is -3.66. The lowest BCUT2D eigenvalue weighted by Crippen LogP contribution is -2.41. The number of hydrogen-bond donors (Lipinski definition) is 1. The minimum Gasteiger partial charge on any atom is -0.326 e. The molecule has 1 unspecified atom stereocenters. The van der Waals surface area contributed by atoms with Gasteiger partial charge in [0.05, 0.1) is 4.90 Å². The topological polar surface area (TPSA) is 86.8 Å². The van der Waals surface area contributed by atoms with Crippen LogP contribution in [-0.4, -0.2) is 43.7 Å². The molecule has 4 rings (SSSR count). The van der Waals surface area contributed by atoms with Crippen LogP contribution in [0.2, 0.25) is 0 Å². The Labute approximate surface area is 202 Å². The highest BCUT2D eigenvalue weighted by atomic mass is 32.2. The monoisotopic (exact) mass is 483 g/mol. The normalized spacial score (nSPS) is 19.3. The van der Waals surface area contributed by atoms with Crippen LogP contribution < -0.4 is 10.2 Å². The Bertz CT molecular complexity index is 1180. The number of rotatable bonds is 5. The summed E-state index contributed by atoms with van der Waals surface area (Å²) < 4.78 is 28.0. The molecular formula is C26H33N3O4S. The zero-order valence-corrected chi connectivity index (χ0v) is 21.1. The molecule has 0 aromatic heterocycles. The molecule has 2 aliphatic heterocycles. The number of benzene rings is 2. The Morgan fingerprint density at radius 2 is 1.68 bits per heavy atom. The van der Waals surface area contributed by atoms with Crippen LogP contribution in [0.25, 0.3) is 0 Å². The van der Waals surface area contributed by atoms with E-state index in [4.69, 9.17) is 0 Å². The van der Waals surface area contributed by atoms with E-state index in [0.717, 1.165) is 16.9 Å². The molecule has 1 fully saturated rings. The van der Waals surface area contributed by atoms with E-state index < -0.39 is 10.0 Å². The third-order valence-corrected chi connectivity index (χ3v) is 8.81. The highest BCUT2D eigenvalue weighted by Crippen LogP contribution is 2.35. The average Bonchev–Trinajstić information content (AvgIpc) is 3.14. The molecule has 2 aromatic rings. The summed E-state index contributed by atoms with van der Waals surface area (Å²) in [7, 11) is -3.66. The second kappa shape index (κ2) is 9.50. The Balaban J connectivity index is 1.39. The molecule has 0 radical (unpaired) electrons. The van der Waals surface area contributed by atoms with Crippen LogP contribution >= 0.6 is 0 Å². The van der Waals surface area contributed by atoms with Gasteiger partial charge in [0.1, 0.15) is 0 Å². The van der Waals surface area contributed by atoms with Crippen LogP contribution in [-0.2, 0) is 26.0 Å². The third kappa shape index (κ3) is 4.74. The number of piperidine rings is 1. The molecule has 2 aromatic carbocycles. The minimum absolute atomic E-state index is 0.0151. The lowest BCUT2D eigenvalue weighted by Gasteiger charge is -2.30. The molecule has 0 bridgehead atoms. The molecule has 34 heavy (non-hydrogen) atoms. The van der Waals surface area contributed by atoms with Crippen molar-refractivity contribution in [1.29, 1.82) is 0 Å². The number of fused-ring (bicyclic) bond motifs is 1. The van der Waals surface area contributed by atoms with Crippen molar-refractivity contribution in [3.05, 3.63) is 53.6 Å². The second-order valence-electron chi connectivity index (χ2n) is 9.68. The summed E-state index contributed by atoms with van der Waals surface area (Å²) in [6, 6.07) is 12.9. The van der Waals surface area contributed by atoms with E-state index in [-0.39, 0.29) is 28.7 Å². The van der Waals surface area contributed by atoms with Crippen molar-refractivity contribution in [2.24, 2.45) is 5.92 Å². The fourth-order valence-corrected chi connectivity index (χ4v) is 6.47. The Morgan fingerprint density at radius 3 is 2.26 bits per heavy atom. The number of nitrogens with zero attached hydrogens (tertiary/aromatic N) is 2. The molecule has 1 N–H and O–H groups in total. The molecule has 1 atom stereocenters. The Morgan fingerprint density at radius 1 is 1.03 bits per heavy atom. The third-order valence-electron chi connectivity index (χ3n) is 6.91. The van der Waals surface area contributed by atoms with Gasteiger partial charge < -0.3 is 10.2 Å². The van der Waals surface area contributed by atoms with E-state index in [1.165, 1.54) is 16.8 Å². The fraction of sp³-hybridized carbons (Fsp3) is 0.462. The average molecular weight is 484 g/mol. The first-order valence-electron chi connectivity index (χ1n) is 11.9. The van der Waals surface area contributed by atoms with E-state index in [1.54, 1.807) is 23.1 Å². The van der Waals surface area contributed by atoms with E-state index in [9.17, 15) is 18.0 Å². The Kier molecular flexibility index (Phi) is 6.82. The van der Waals surface area contributed by atoms with Gasteiger partial charge in [-0.1, -0.05) is 26.0 Å². The second-order valence-corrected chi connectivity index (χ2v) is 11.6. The summed E-state index contributed by atoms with van der Waals surface area (Å²) in [5, 5.41) is 2.97. The van der Waals surface area contributed by atoms with Crippen LogP contribution in [0, 0.1) is 5.92 Å². The van der Waals surface area contributed by atoms with E-state index >= 15 is 0 Å². The molecule has 7 nitrogen and oxygen atoms in total. The predicted octanol–water partition coefficient (Wildman–Crippen LogP) is 4.15. The van der Waals surface area contributed by atoms with Crippen molar-refractivity contribution in [1.82, 2.24) is 4.31 Å². The molecule has 0 saturated carbocycles. The number of sulfonamides is 1. The fourth-order valence-electron chi connectivity index (χ4n) is 4.95. The summed E-state index contributed by atoms with van der Waals surface area (Å²) in [4.78, 5) is 26.7. The quantitative estimate of drug-likeness (QED) is 0.692. The number of carbonyl (C=O) groups excluding carboxylic acids is 2. The van der Waals surface area contributed by atoms with Gasteiger partial charge in [-0.3, -0.25) is 9.59 Å². The highest BCUT2D eigenvalue weighted by Gasteiger charge is 2.34. The van der Waals surface area contributed by atoms with Crippen molar-refractivity contribution < 1.29 is 18.0 Å². The smallest absolute Gasteiger partial charge is 0.243 e. The summed E-state index contributed by atoms with van der Waals surface area (Å²) in [5.74, 6) is 0.0997. The molecular weight excluding hydrogens is 450 g/mol. The maximum Gasteiger partial charge on any atom is 0.243 e. The summed E-state index contributed by atoms with van der Waals surface area (Å²) in [5.41, 5.74) is 3.64. The molecule has 182 valence electrons. The van der Waals surface area contributed by atoms with Gasteiger partial charge in [0, 0.05) is 43.3 Å². The van der Waals surface area contributed by atoms with Crippen LogP contribution in [0.5, 0.6) is 0 Å². The summed E-state index contributed by atoms with van der Waals surface area (Å²) in [6.45, 7) is 8.35. The lowest BCUT2D eigenvalue weighted by atomic mass is 9.97. The molecule has 0 aliphatic carbocycles. The molecule has 2 heterocycles. The van der Waals surface area contributed by atoms with Gasteiger partial charge in [-0.25, -0.2) is 8.42 Å². The number of nitrogens with one attached hydrogen (secondary N) is 1. The van der Waals surface area contributed by atoms with Gasteiger partial charge in [-0.2, -0.15) is 4.31 Å². The van der Waals surface area contributed by atoms with Gasteiger partial charge in [0.15, 0.2) is 0 Å². The molecule has 2 amide bonds. The zero-order chi connectivity index (χ0) is 24.6. The number of amides is 2. The standard InChI is InChI=1S/C26H33N3O4S/c1-17(2)20-5-7-23(8-6-20)27-26(31)21-11-13-28(14-12-21)34(32,33)24-9-10-25-22(16-24)15-18(3)29(25)19(4)30/h5-10,16-18,21H,11-15H2,1-4H3,(H,27,31).